The Hall–Kier alpha value is -2.76. The molecule has 0 aliphatic carbocycles. The summed E-state index contributed by atoms with van der Waals surface area (Å²) < 4.78 is 40.6. The summed E-state index contributed by atoms with van der Waals surface area (Å²) in [5.74, 6) is 2.88. The lowest BCUT2D eigenvalue weighted by atomic mass is 9.95. The zero-order chi connectivity index (χ0) is 25.7. The third-order valence-corrected chi connectivity index (χ3v) is 7.77. The van der Waals surface area contributed by atoms with E-state index in [0.717, 1.165) is 60.3 Å². The predicted octanol–water partition coefficient (Wildman–Crippen LogP) is 3.97. The average molecular weight is 533 g/mol. The molecule has 2 saturated heterocycles. The molecule has 8 nitrogen and oxygen atoms in total. The monoisotopic (exact) mass is 532 g/mol. The zero-order valence-electron chi connectivity index (χ0n) is 20.5. The van der Waals surface area contributed by atoms with Gasteiger partial charge in [0, 0.05) is 55.9 Å². The van der Waals surface area contributed by atoms with Gasteiger partial charge in [0.05, 0.1) is 30.7 Å². The van der Waals surface area contributed by atoms with Crippen molar-refractivity contribution in [1.82, 2.24) is 34.5 Å². The van der Waals surface area contributed by atoms with Crippen LogP contribution in [0.3, 0.4) is 0 Å². The number of aryl methyl sites for hydroxylation is 1. The van der Waals surface area contributed by atoms with Gasteiger partial charge in [-0.3, -0.25) is 19.4 Å². The second kappa shape index (κ2) is 9.52. The van der Waals surface area contributed by atoms with E-state index in [1.165, 1.54) is 4.90 Å². The molecule has 5 heterocycles. The lowest BCUT2D eigenvalue weighted by Gasteiger charge is -2.45. The van der Waals surface area contributed by atoms with Gasteiger partial charge in [-0.25, -0.2) is 4.98 Å². The number of aromatic nitrogens is 5. The van der Waals surface area contributed by atoms with Crippen LogP contribution in [-0.2, 0) is 13.1 Å². The number of benzene rings is 1. The third kappa shape index (κ3) is 5.04. The number of alkyl halides is 3. The standard InChI is InChI=1S/C25H28ClF3N8/c1-16-9-30-10-22(31-16)35-6-4-17(5-7-35)24-33-32-23-14-36(20-12-34(13-20)15-25(27,28)29)11-18-8-19(26)2-3-21(18)37(23)24/h2-3,8-10,17,20H,4-7,11-15H2,1H3. The first kappa shape index (κ1) is 24.6. The summed E-state index contributed by atoms with van der Waals surface area (Å²) in [4.78, 5) is 14.8. The van der Waals surface area contributed by atoms with E-state index in [1.54, 1.807) is 12.4 Å². The van der Waals surface area contributed by atoms with Crippen molar-refractivity contribution in [2.24, 2.45) is 0 Å². The normalized spacial score (nSPS) is 19.9. The van der Waals surface area contributed by atoms with Crippen molar-refractivity contribution in [3.05, 3.63) is 58.5 Å². The maximum atomic E-state index is 12.8. The van der Waals surface area contributed by atoms with E-state index >= 15 is 0 Å². The molecule has 3 aliphatic rings. The molecule has 0 spiro atoms. The number of likely N-dealkylation sites (tertiary alicyclic amines) is 1. The van der Waals surface area contributed by atoms with Crippen LogP contribution < -0.4 is 4.90 Å². The quantitative estimate of drug-likeness (QED) is 0.504. The molecule has 0 bridgehead atoms. The number of hydrogen-bond donors (Lipinski definition) is 0. The van der Waals surface area contributed by atoms with Gasteiger partial charge in [0.2, 0.25) is 0 Å². The highest BCUT2D eigenvalue weighted by molar-refractivity contribution is 6.30. The Bertz CT molecular complexity index is 1280. The fourth-order valence-corrected chi connectivity index (χ4v) is 5.89. The van der Waals surface area contributed by atoms with Crippen LogP contribution in [0, 0.1) is 6.92 Å². The lowest BCUT2D eigenvalue weighted by Crippen LogP contribution is -2.60. The first-order valence-corrected chi connectivity index (χ1v) is 12.9. The highest BCUT2D eigenvalue weighted by Gasteiger charge is 2.40. The van der Waals surface area contributed by atoms with Crippen molar-refractivity contribution >= 4 is 17.4 Å². The molecule has 2 aromatic heterocycles. The lowest BCUT2D eigenvalue weighted by molar-refractivity contribution is -0.161. The van der Waals surface area contributed by atoms with Crippen molar-refractivity contribution in [3.8, 4) is 5.69 Å². The van der Waals surface area contributed by atoms with Crippen LogP contribution in [0.1, 0.15) is 41.7 Å². The highest BCUT2D eigenvalue weighted by Crippen LogP contribution is 2.35. The van der Waals surface area contributed by atoms with Crippen molar-refractivity contribution in [2.45, 2.75) is 51.0 Å². The van der Waals surface area contributed by atoms with Crippen molar-refractivity contribution < 1.29 is 13.2 Å². The molecule has 196 valence electrons. The Kier molecular flexibility index (Phi) is 6.32. The SMILES string of the molecule is Cc1cncc(N2CCC(c3nnc4n3-c3ccc(Cl)cc3CN(C3CN(CC(F)(F)F)C3)C4)CC2)n1. The van der Waals surface area contributed by atoms with Crippen LogP contribution in [-0.4, -0.2) is 79.5 Å². The molecule has 6 rings (SSSR count). The van der Waals surface area contributed by atoms with E-state index in [2.05, 4.69) is 34.5 Å². The fraction of sp³-hybridized carbons (Fsp3) is 0.520. The Morgan fingerprint density at radius 2 is 1.84 bits per heavy atom. The number of piperidine rings is 1. The van der Waals surface area contributed by atoms with Crippen LogP contribution in [0.4, 0.5) is 19.0 Å². The smallest absolute Gasteiger partial charge is 0.355 e. The Labute approximate surface area is 218 Å². The number of hydrogen-bond acceptors (Lipinski definition) is 7. The summed E-state index contributed by atoms with van der Waals surface area (Å²) in [5, 5.41) is 9.86. The summed E-state index contributed by atoms with van der Waals surface area (Å²) in [5.41, 5.74) is 2.93. The van der Waals surface area contributed by atoms with Crippen molar-refractivity contribution in [1.29, 1.82) is 0 Å². The van der Waals surface area contributed by atoms with Crippen LogP contribution in [0.2, 0.25) is 5.02 Å². The molecule has 12 heteroatoms. The molecule has 0 atom stereocenters. The van der Waals surface area contributed by atoms with E-state index in [-0.39, 0.29) is 12.0 Å². The highest BCUT2D eigenvalue weighted by atomic mass is 35.5. The van der Waals surface area contributed by atoms with Gasteiger partial charge in [0.15, 0.2) is 5.82 Å². The first-order chi connectivity index (χ1) is 17.7. The number of nitrogens with zero attached hydrogens (tertiary/aromatic N) is 8. The molecular weight excluding hydrogens is 505 g/mol. The third-order valence-electron chi connectivity index (χ3n) is 7.54. The van der Waals surface area contributed by atoms with Gasteiger partial charge in [-0.05, 0) is 43.5 Å². The minimum absolute atomic E-state index is 0.0274. The fourth-order valence-electron chi connectivity index (χ4n) is 5.70. The zero-order valence-corrected chi connectivity index (χ0v) is 21.3. The van der Waals surface area contributed by atoms with Crippen LogP contribution in [0.5, 0.6) is 0 Å². The van der Waals surface area contributed by atoms with Crippen molar-refractivity contribution in [2.75, 3.05) is 37.6 Å². The molecular formula is C25H28ClF3N8. The molecule has 0 unspecified atom stereocenters. The van der Waals surface area contributed by atoms with E-state index in [0.29, 0.717) is 31.2 Å². The summed E-state index contributed by atoms with van der Waals surface area (Å²) in [6.45, 7) is 4.68. The van der Waals surface area contributed by atoms with E-state index in [9.17, 15) is 13.2 Å². The Balaban J connectivity index is 1.23. The van der Waals surface area contributed by atoms with Crippen molar-refractivity contribution in [3.63, 3.8) is 0 Å². The van der Waals surface area contributed by atoms with Gasteiger partial charge in [0.1, 0.15) is 11.6 Å². The second-order valence-corrected chi connectivity index (χ2v) is 10.7. The molecule has 0 amide bonds. The molecule has 0 saturated carbocycles. The maximum Gasteiger partial charge on any atom is 0.401 e. The summed E-state index contributed by atoms with van der Waals surface area (Å²) in [6.07, 6.45) is 1.21. The largest absolute Gasteiger partial charge is 0.401 e. The average Bonchev–Trinajstić information content (AvgIpc) is 3.16. The predicted molar refractivity (Wildman–Crippen MR) is 133 cm³/mol. The van der Waals surface area contributed by atoms with Crippen LogP contribution >= 0.6 is 11.6 Å². The molecule has 0 radical (unpaired) electrons. The minimum Gasteiger partial charge on any atom is -0.355 e. The summed E-state index contributed by atoms with van der Waals surface area (Å²) in [6, 6.07) is 5.86. The maximum absolute atomic E-state index is 12.8. The van der Waals surface area contributed by atoms with Gasteiger partial charge in [-0.1, -0.05) is 11.6 Å². The first-order valence-electron chi connectivity index (χ1n) is 12.5. The molecule has 2 fully saturated rings. The number of anilines is 1. The number of rotatable bonds is 4. The summed E-state index contributed by atoms with van der Waals surface area (Å²) >= 11 is 6.37. The molecule has 1 aromatic carbocycles. The van der Waals surface area contributed by atoms with E-state index < -0.39 is 12.7 Å². The molecule has 3 aliphatic heterocycles. The Morgan fingerprint density at radius 3 is 2.57 bits per heavy atom. The second-order valence-electron chi connectivity index (χ2n) is 10.2. The molecule has 0 N–H and O–H groups in total. The molecule has 3 aromatic rings. The topological polar surface area (TPSA) is 66.2 Å². The van der Waals surface area contributed by atoms with Gasteiger partial charge in [0.25, 0.3) is 0 Å². The Morgan fingerprint density at radius 1 is 1.05 bits per heavy atom. The van der Waals surface area contributed by atoms with E-state index in [4.69, 9.17) is 11.6 Å². The van der Waals surface area contributed by atoms with Gasteiger partial charge in [-0.2, -0.15) is 13.2 Å². The summed E-state index contributed by atoms with van der Waals surface area (Å²) in [7, 11) is 0. The minimum atomic E-state index is -4.18. The number of halogens is 4. The molecule has 37 heavy (non-hydrogen) atoms. The van der Waals surface area contributed by atoms with Crippen LogP contribution in [0.25, 0.3) is 5.69 Å². The van der Waals surface area contributed by atoms with E-state index in [1.807, 2.05) is 25.1 Å². The number of fused-ring (bicyclic) bond motifs is 3. The van der Waals surface area contributed by atoms with Gasteiger partial charge in [-0.15, -0.1) is 10.2 Å². The van der Waals surface area contributed by atoms with Gasteiger partial charge < -0.3 is 4.90 Å². The van der Waals surface area contributed by atoms with Crippen LogP contribution in [0.15, 0.2) is 30.6 Å². The van der Waals surface area contributed by atoms with Gasteiger partial charge >= 0.3 is 6.18 Å².